The van der Waals surface area contributed by atoms with Crippen molar-refractivity contribution in [3.63, 3.8) is 0 Å². The monoisotopic (exact) mass is 309 g/mol. The second kappa shape index (κ2) is 8.14. The number of hydrogen-bond donors (Lipinski definition) is 1. The average molecular weight is 309 g/mol. The summed E-state index contributed by atoms with van der Waals surface area (Å²) in [5.41, 5.74) is 2.40. The molecule has 1 heterocycles. The molecular formula is C18H23N5. The Morgan fingerprint density at radius 3 is 2.52 bits per heavy atom. The molecule has 0 aliphatic rings. The lowest BCUT2D eigenvalue weighted by Gasteiger charge is -2.22. The van der Waals surface area contributed by atoms with E-state index in [1.54, 1.807) is 6.07 Å². The van der Waals surface area contributed by atoms with Gasteiger partial charge in [-0.1, -0.05) is 19.9 Å². The van der Waals surface area contributed by atoms with Gasteiger partial charge in [0.2, 0.25) is 5.95 Å². The molecule has 5 heteroatoms. The highest BCUT2D eigenvalue weighted by atomic mass is 15.3. The van der Waals surface area contributed by atoms with Crippen molar-refractivity contribution in [3.8, 4) is 6.07 Å². The van der Waals surface area contributed by atoms with Gasteiger partial charge in [-0.25, -0.2) is 4.98 Å². The van der Waals surface area contributed by atoms with Gasteiger partial charge in [0, 0.05) is 30.5 Å². The summed E-state index contributed by atoms with van der Waals surface area (Å²) in [6.45, 7) is 8.18. The van der Waals surface area contributed by atoms with E-state index in [1.807, 2.05) is 31.2 Å². The molecular weight excluding hydrogens is 286 g/mol. The van der Waals surface area contributed by atoms with Gasteiger partial charge in [0.05, 0.1) is 11.6 Å². The van der Waals surface area contributed by atoms with Crippen molar-refractivity contribution in [1.29, 1.82) is 5.26 Å². The Hall–Kier alpha value is -2.61. The zero-order chi connectivity index (χ0) is 16.7. The van der Waals surface area contributed by atoms with E-state index < -0.39 is 0 Å². The van der Waals surface area contributed by atoms with Gasteiger partial charge in [0.1, 0.15) is 5.82 Å². The number of aryl methyl sites for hydroxylation is 1. The van der Waals surface area contributed by atoms with Gasteiger partial charge in [0.25, 0.3) is 0 Å². The van der Waals surface area contributed by atoms with E-state index in [0.29, 0.717) is 5.56 Å². The summed E-state index contributed by atoms with van der Waals surface area (Å²) in [7, 11) is 0. The summed E-state index contributed by atoms with van der Waals surface area (Å²) in [6.07, 6.45) is 2.12. The van der Waals surface area contributed by atoms with Crippen LogP contribution in [0, 0.1) is 18.3 Å². The molecule has 0 spiro atoms. The maximum absolute atomic E-state index is 9.00. The van der Waals surface area contributed by atoms with Crippen molar-refractivity contribution in [1.82, 2.24) is 9.97 Å². The molecule has 0 saturated heterocycles. The Morgan fingerprint density at radius 1 is 1.13 bits per heavy atom. The molecule has 0 saturated carbocycles. The molecule has 2 aromatic rings. The third-order valence-corrected chi connectivity index (χ3v) is 3.38. The number of rotatable bonds is 7. The van der Waals surface area contributed by atoms with Crippen LogP contribution in [-0.2, 0) is 0 Å². The van der Waals surface area contributed by atoms with Crippen LogP contribution in [-0.4, -0.2) is 23.1 Å². The van der Waals surface area contributed by atoms with Crippen molar-refractivity contribution in [2.45, 2.75) is 33.6 Å². The first-order valence-corrected chi connectivity index (χ1v) is 8.04. The largest absolute Gasteiger partial charge is 0.341 e. The number of nitrogens with zero attached hydrogens (tertiary/aromatic N) is 4. The number of nitrogens with one attached hydrogen (secondary N) is 1. The van der Waals surface area contributed by atoms with Gasteiger partial charge >= 0.3 is 0 Å². The van der Waals surface area contributed by atoms with Crippen molar-refractivity contribution in [3.05, 3.63) is 41.6 Å². The molecule has 1 aromatic carbocycles. The summed E-state index contributed by atoms with van der Waals surface area (Å²) in [4.78, 5) is 11.4. The van der Waals surface area contributed by atoms with Crippen molar-refractivity contribution >= 4 is 17.5 Å². The maximum Gasteiger partial charge on any atom is 0.227 e. The number of aromatic nitrogens is 2. The topological polar surface area (TPSA) is 64.8 Å². The van der Waals surface area contributed by atoms with Crippen LogP contribution in [0.4, 0.5) is 17.5 Å². The molecule has 0 amide bonds. The first-order valence-electron chi connectivity index (χ1n) is 8.04. The lowest BCUT2D eigenvalue weighted by molar-refractivity contribution is 0.720. The minimum atomic E-state index is 0.625. The Bertz CT molecular complexity index is 684. The van der Waals surface area contributed by atoms with E-state index in [-0.39, 0.29) is 0 Å². The van der Waals surface area contributed by atoms with Crippen LogP contribution >= 0.6 is 0 Å². The zero-order valence-electron chi connectivity index (χ0n) is 14.0. The minimum absolute atomic E-state index is 0.625. The molecule has 23 heavy (non-hydrogen) atoms. The lowest BCUT2D eigenvalue weighted by atomic mass is 10.2. The van der Waals surface area contributed by atoms with Crippen molar-refractivity contribution < 1.29 is 0 Å². The quantitative estimate of drug-likeness (QED) is 0.836. The fourth-order valence-corrected chi connectivity index (χ4v) is 2.42. The van der Waals surface area contributed by atoms with E-state index in [4.69, 9.17) is 5.26 Å². The fraction of sp³-hybridized carbons (Fsp3) is 0.389. The van der Waals surface area contributed by atoms with Gasteiger partial charge in [-0.3, -0.25) is 0 Å². The summed E-state index contributed by atoms with van der Waals surface area (Å²) in [5.74, 6) is 1.51. The Labute approximate surface area is 138 Å². The second-order valence-corrected chi connectivity index (χ2v) is 5.50. The standard InChI is InChI=1S/C18H23N5/c1-4-9-23(10-5-2)18-20-14(3)11-17(22-18)21-16-8-6-7-15(12-16)13-19/h6-8,11-12H,4-5,9-10H2,1-3H3,(H,20,21,22). The molecule has 0 aliphatic heterocycles. The van der Waals surface area contributed by atoms with Gasteiger partial charge in [-0.15, -0.1) is 0 Å². The third-order valence-electron chi connectivity index (χ3n) is 3.38. The molecule has 0 fully saturated rings. The lowest BCUT2D eigenvalue weighted by Crippen LogP contribution is -2.27. The third kappa shape index (κ3) is 4.68. The highest BCUT2D eigenvalue weighted by Gasteiger charge is 2.10. The van der Waals surface area contributed by atoms with Crippen LogP contribution in [0.25, 0.3) is 0 Å². The van der Waals surface area contributed by atoms with Crippen LogP contribution in [0.1, 0.15) is 37.9 Å². The first-order chi connectivity index (χ1) is 11.2. The average Bonchev–Trinajstić information content (AvgIpc) is 2.54. The smallest absolute Gasteiger partial charge is 0.227 e. The fourth-order valence-electron chi connectivity index (χ4n) is 2.42. The van der Waals surface area contributed by atoms with E-state index in [1.165, 1.54) is 0 Å². The highest BCUT2D eigenvalue weighted by Crippen LogP contribution is 2.19. The van der Waals surface area contributed by atoms with Crippen LogP contribution in [0.5, 0.6) is 0 Å². The highest BCUT2D eigenvalue weighted by molar-refractivity contribution is 5.59. The first kappa shape index (κ1) is 16.8. The van der Waals surface area contributed by atoms with Crippen LogP contribution < -0.4 is 10.2 Å². The summed E-state index contributed by atoms with van der Waals surface area (Å²) < 4.78 is 0. The molecule has 5 nitrogen and oxygen atoms in total. The molecule has 0 unspecified atom stereocenters. The van der Waals surface area contributed by atoms with Crippen molar-refractivity contribution in [2.75, 3.05) is 23.3 Å². The minimum Gasteiger partial charge on any atom is -0.341 e. The Balaban J connectivity index is 2.27. The Morgan fingerprint density at radius 2 is 1.87 bits per heavy atom. The number of nitriles is 1. The van der Waals surface area contributed by atoms with E-state index in [0.717, 1.165) is 49.1 Å². The summed E-state index contributed by atoms with van der Waals surface area (Å²) in [6, 6.07) is 11.4. The van der Waals surface area contributed by atoms with Gasteiger partial charge in [0.15, 0.2) is 0 Å². The Kier molecular flexibility index (Phi) is 5.93. The molecule has 0 aliphatic carbocycles. The number of hydrogen-bond acceptors (Lipinski definition) is 5. The van der Waals surface area contributed by atoms with Gasteiger partial charge < -0.3 is 10.2 Å². The molecule has 0 atom stereocenters. The van der Waals surface area contributed by atoms with Gasteiger partial charge in [-0.2, -0.15) is 10.2 Å². The van der Waals surface area contributed by atoms with Crippen LogP contribution in [0.15, 0.2) is 30.3 Å². The zero-order valence-corrected chi connectivity index (χ0v) is 14.0. The molecule has 2 rings (SSSR count). The predicted octanol–water partition coefficient (Wildman–Crippen LogP) is 4.03. The van der Waals surface area contributed by atoms with E-state index in [2.05, 4.69) is 40.1 Å². The van der Waals surface area contributed by atoms with Gasteiger partial charge in [-0.05, 0) is 38.0 Å². The molecule has 1 N–H and O–H groups in total. The normalized spacial score (nSPS) is 10.2. The van der Waals surface area contributed by atoms with E-state index in [9.17, 15) is 0 Å². The van der Waals surface area contributed by atoms with Crippen LogP contribution in [0.3, 0.4) is 0 Å². The summed E-state index contributed by atoms with van der Waals surface area (Å²) >= 11 is 0. The van der Waals surface area contributed by atoms with E-state index >= 15 is 0 Å². The number of anilines is 3. The maximum atomic E-state index is 9.00. The SMILES string of the molecule is CCCN(CCC)c1nc(C)cc(Nc2cccc(C#N)c2)n1. The predicted molar refractivity (Wildman–Crippen MR) is 94.0 cm³/mol. The molecule has 1 aromatic heterocycles. The summed E-state index contributed by atoms with van der Waals surface area (Å²) in [5, 5.41) is 12.3. The molecule has 0 bridgehead atoms. The molecule has 120 valence electrons. The second-order valence-electron chi connectivity index (χ2n) is 5.50. The van der Waals surface area contributed by atoms with Crippen molar-refractivity contribution in [2.24, 2.45) is 0 Å². The van der Waals surface area contributed by atoms with Crippen LogP contribution in [0.2, 0.25) is 0 Å². The molecule has 0 radical (unpaired) electrons. The number of benzene rings is 1.